The van der Waals surface area contributed by atoms with Crippen LogP contribution in [-0.2, 0) is 0 Å². The Kier molecular flexibility index (Phi) is 6.34. The molecule has 0 amide bonds. The molecule has 0 aliphatic heterocycles. The highest BCUT2D eigenvalue weighted by Gasteiger charge is 2.03. The monoisotopic (exact) mass is 360 g/mol. The molecule has 0 spiro atoms. The van der Waals surface area contributed by atoms with Crippen LogP contribution in [0.3, 0.4) is 0 Å². The lowest BCUT2D eigenvalue weighted by molar-refractivity contribution is 0.182. The Labute approximate surface area is 159 Å². The quantitative estimate of drug-likeness (QED) is 0.577. The van der Waals surface area contributed by atoms with Crippen molar-refractivity contribution < 1.29 is 10.2 Å². The van der Waals surface area contributed by atoms with E-state index < -0.39 is 0 Å². The molecule has 0 aliphatic rings. The van der Waals surface area contributed by atoms with Crippen LogP contribution in [0.1, 0.15) is 31.7 Å². The summed E-state index contributed by atoms with van der Waals surface area (Å²) >= 11 is 0. The third kappa shape index (κ3) is 5.50. The van der Waals surface area contributed by atoms with Gasteiger partial charge < -0.3 is 10.2 Å². The molecule has 138 valence electrons. The van der Waals surface area contributed by atoms with Crippen LogP contribution in [0.4, 0.5) is 0 Å². The molecule has 1 aromatic heterocycles. The van der Waals surface area contributed by atoms with Crippen LogP contribution in [0.2, 0.25) is 0 Å². The average Bonchev–Trinajstić information content (AvgIpc) is 2.69. The molecule has 0 saturated heterocycles. The van der Waals surface area contributed by atoms with Gasteiger partial charge in [-0.05, 0) is 49.4 Å². The molecule has 2 N–H and O–H groups in total. The van der Waals surface area contributed by atoms with Crippen LogP contribution in [0.5, 0.6) is 5.75 Å². The third-order valence-corrected chi connectivity index (χ3v) is 4.32. The van der Waals surface area contributed by atoms with Gasteiger partial charge in [0.15, 0.2) is 5.82 Å². The average molecular weight is 360 g/mol. The second kappa shape index (κ2) is 9.10. The lowest BCUT2D eigenvalue weighted by Gasteiger charge is -2.04. The molecule has 0 bridgehead atoms. The van der Waals surface area contributed by atoms with E-state index in [0.717, 1.165) is 41.5 Å². The Morgan fingerprint density at radius 3 is 2.15 bits per heavy atom. The SMILES string of the molecule is CC(O)CCCC=Cc1ccc(-c2ncc(-c3ccc(O)cc3)cn2)cc1. The smallest absolute Gasteiger partial charge is 0.159 e. The summed E-state index contributed by atoms with van der Waals surface area (Å²) in [5.41, 5.74) is 3.99. The van der Waals surface area contributed by atoms with E-state index in [1.165, 1.54) is 0 Å². The summed E-state index contributed by atoms with van der Waals surface area (Å²) in [6.07, 6.45) is 10.4. The van der Waals surface area contributed by atoms with E-state index in [1.807, 2.05) is 31.2 Å². The Hall–Kier alpha value is -2.98. The lowest BCUT2D eigenvalue weighted by Crippen LogP contribution is -1.97. The number of unbranched alkanes of at least 4 members (excludes halogenated alkanes) is 1. The van der Waals surface area contributed by atoms with E-state index in [-0.39, 0.29) is 11.9 Å². The molecule has 3 aromatic rings. The molecule has 27 heavy (non-hydrogen) atoms. The van der Waals surface area contributed by atoms with Crippen molar-refractivity contribution in [2.45, 2.75) is 32.3 Å². The molecule has 1 atom stereocenters. The van der Waals surface area contributed by atoms with Gasteiger partial charge in [0.05, 0.1) is 6.10 Å². The van der Waals surface area contributed by atoms with Crippen LogP contribution < -0.4 is 0 Å². The molecule has 0 aliphatic carbocycles. The highest BCUT2D eigenvalue weighted by Crippen LogP contribution is 2.22. The number of rotatable bonds is 7. The number of hydrogen-bond donors (Lipinski definition) is 2. The molecular formula is C23H24N2O2. The fourth-order valence-corrected chi connectivity index (χ4v) is 2.77. The highest BCUT2D eigenvalue weighted by molar-refractivity contribution is 5.65. The Morgan fingerprint density at radius 1 is 0.889 bits per heavy atom. The van der Waals surface area contributed by atoms with Gasteiger partial charge in [0.25, 0.3) is 0 Å². The van der Waals surface area contributed by atoms with Gasteiger partial charge in [0, 0.05) is 23.5 Å². The van der Waals surface area contributed by atoms with Gasteiger partial charge >= 0.3 is 0 Å². The summed E-state index contributed by atoms with van der Waals surface area (Å²) in [6.45, 7) is 1.82. The van der Waals surface area contributed by atoms with Crippen LogP contribution in [0, 0.1) is 0 Å². The number of aliphatic hydroxyl groups is 1. The number of hydrogen-bond acceptors (Lipinski definition) is 4. The first-order valence-corrected chi connectivity index (χ1v) is 9.18. The molecule has 1 heterocycles. The Balaban J connectivity index is 1.63. The summed E-state index contributed by atoms with van der Waals surface area (Å²) in [5, 5.41) is 18.6. The van der Waals surface area contributed by atoms with Crippen molar-refractivity contribution in [3.8, 4) is 28.3 Å². The van der Waals surface area contributed by atoms with Gasteiger partial charge in [-0.3, -0.25) is 0 Å². The molecule has 0 saturated carbocycles. The van der Waals surface area contributed by atoms with Crippen molar-refractivity contribution in [1.82, 2.24) is 9.97 Å². The lowest BCUT2D eigenvalue weighted by atomic mass is 10.1. The van der Waals surface area contributed by atoms with E-state index in [9.17, 15) is 10.2 Å². The number of aromatic hydroxyl groups is 1. The first-order valence-electron chi connectivity index (χ1n) is 9.18. The molecule has 0 fully saturated rings. The minimum atomic E-state index is -0.224. The maximum absolute atomic E-state index is 9.38. The van der Waals surface area contributed by atoms with Crippen molar-refractivity contribution in [2.24, 2.45) is 0 Å². The largest absolute Gasteiger partial charge is 0.508 e. The van der Waals surface area contributed by atoms with Gasteiger partial charge in [0.1, 0.15) is 5.75 Å². The van der Waals surface area contributed by atoms with Gasteiger partial charge in [0.2, 0.25) is 0 Å². The fraction of sp³-hybridized carbons (Fsp3) is 0.217. The summed E-state index contributed by atoms with van der Waals surface area (Å²) in [5.74, 6) is 0.929. The predicted molar refractivity (Wildman–Crippen MR) is 109 cm³/mol. The van der Waals surface area contributed by atoms with Crippen LogP contribution >= 0.6 is 0 Å². The van der Waals surface area contributed by atoms with E-state index in [0.29, 0.717) is 5.82 Å². The first-order chi connectivity index (χ1) is 13.1. The van der Waals surface area contributed by atoms with Gasteiger partial charge in [-0.15, -0.1) is 0 Å². The number of aromatic nitrogens is 2. The second-order valence-electron chi connectivity index (χ2n) is 6.65. The van der Waals surface area contributed by atoms with Crippen molar-refractivity contribution >= 4 is 6.08 Å². The minimum Gasteiger partial charge on any atom is -0.508 e. The number of benzene rings is 2. The summed E-state index contributed by atoms with van der Waals surface area (Å²) in [6, 6.07) is 15.1. The van der Waals surface area contributed by atoms with Crippen molar-refractivity contribution in [1.29, 1.82) is 0 Å². The molecule has 4 heteroatoms. The number of nitrogens with zero attached hydrogens (tertiary/aromatic N) is 2. The highest BCUT2D eigenvalue weighted by atomic mass is 16.3. The van der Waals surface area contributed by atoms with Crippen molar-refractivity contribution in [2.75, 3.05) is 0 Å². The summed E-state index contributed by atoms with van der Waals surface area (Å²) < 4.78 is 0. The summed E-state index contributed by atoms with van der Waals surface area (Å²) in [4.78, 5) is 8.93. The number of phenols is 1. The Bertz CT molecular complexity index is 868. The molecule has 0 radical (unpaired) electrons. The van der Waals surface area contributed by atoms with E-state index in [2.05, 4.69) is 34.3 Å². The molecular weight excluding hydrogens is 336 g/mol. The zero-order valence-electron chi connectivity index (χ0n) is 15.4. The van der Waals surface area contributed by atoms with Gasteiger partial charge in [-0.1, -0.05) is 48.6 Å². The fourth-order valence-electron chi connectivity index (χ4n) is 2.77. The molecule has 2 aromatic carbocycles. The molecule has 3 rings (SSSR count). The first kappa shape index (κ1) is 18.8. The normalized spacial score (nSPS) is 12.4. The minimum absolute atomic E-state index is 0.224. The number of allylic oxidation sites excluding steroid dienone is 1. The third-order valence-electron chi connectivity index (χ3n) is 4.32. The van der Waals surface area contributed by atoms with E-state index in [4.69, 9.17) is 0 Å². The van der Waals surface area contributed by atoms with Crippen LogP contribution in [-0.4, -0.2) is 26.3 Å². The van der Waals surface area contributed by atoms with Crippen LogP contribution in [0.25, 0.3) is 28.6 Å². The van der Waals surface area contributed by atoms with Crippen molar-refractivity contribution in [3.63, 3.8) is 0 Å². The maximum Gasteiger partial charge on any atom is 0.159 e. The standard InChI is InChI=1S/C23H24N2O2/c1-17(26)5-3-2-4-6-18-7-9-20(10-8-18)23-24-15-21(16-25-23)19-11-13-22(27)14-12-19/h4,6-17,26-27H,2-3,5H2,1H3. The molecule has 4 nitrogen and oxygen atoms in total. The summed E-state index contributed by atoms with van der Waals surface area (Å²) in [7, 11) is 0. The zero-order valence-corrected chi connectivity index (χ0v) is 15.4. The zero-order chi connectivity index (χ0) is 19.1. The van der Waals surface area contributed by atoms with Gasteiger partial charge in [-0.2, -0.15) is 0 Å². The van der Waals surface area contributed by atoms with E-state index >= 15 is 0 Å². The predicted octanol–water partition coefficient (Wildman–Crippen LogP) is 5.08. The maximum atomic E-state index is 9.38. The second-order valence-corrected chi connectivity index (χ2v) is 6.65. The van der Waals surface area contributed by atoms with Gasteiger partial charge in [-0.25, -0.2) is 9.97 Å². The Morgan fingerprint density at radius 2 is 1.52 bits per heavy atom. The van der Waals surface area contributed by atoms with Crippen LogP contribution in [0.15, 0.2) is 67.0 Å². The van der Waals surface area contributed by atoms with E-state index in [1.54, 1.807) is 24.5 Å². The topological polar surface area (TPSA) is 66.2 Å². The molecule has 1 unspecified atom stereocenters. The van der Waals surface area contributed by atoms with Crippen molar-refractivity contribution in [3.05, 3.63) is 72.6 Å². The number of phenolic OH excluding ortho intramolecular Hbond substituents is 1. The number of aliphatic hydroxyl groups excluding tert-OH is 1.